The van der Waals surface area contributed by atoms with Crippen molar-refractivity contribution in [2.75, 3.05) is 35.7 Å². The Bertz CT molecular complexity index is 936. The maximum atomic E-state index is 5.28. The van der Waals surface area contributed by atoms with Crippen molar-refractivity contribution in [3.8, 4) is 5.75 Å². The molecule has 0 spiro atoms. The number of ether oxygens (including phenoxy) is 1. The van der Waals surface area contributed by atoms with Gasteiger partial charge in [0.25, 0.3) is 0 Å². The molecule has 0 atom stereocenters. The van der Waals surface area contributed by atoms with Gasteiger partial charge in [-0.25, -0.2) is 4.98 Å². The molecule has 6 heteroatoms. The number of nitrogens with one attached hydrogen (secondary N) is 2. The van der Waals surface area contributed by atoms with Gasteiger partial charge in [-0.05, 0) is 56.2 Å². The zero-order valence-electron chi connectivity index (χ0n) is 16.3. The van der Waals surface area contributed by atoms with E-state index in [4.69, 9.17) is 4.74 Å². The number of hydrogen-bond donors (Lipinski definition) is 2. The first-order chi connectivity index (χ1) is 13.7. The summed E-state index contributed by atoms with van der Waals surface area (Å²) in [6.45, 7) is 4.25. The summed E-state index contributed by atoms with van der Waals surface area (Å²) in [5.74, 6) is 2.10. The SMILES string of the molecule is COc1cccc(Nc2cc(C)nc(Nc3ccc(N4CCCC4)cc3)n2)c1. The average Bonchev–Trinajstić information content (AvgIpc) is 3.23. The summed E-state index contributed by atoms with van der Waals surface area (Å²) in [6.07, 6.45) is 2.56. The summed E-state index contributed by atoms with van der Waals surface area (Å²) in [4.78, 5) is 11.5. The number of methoxy groups -OCH3 is 1. The van der Waals surface area contributed by atoms with Crippen molar-refractivity contribution < 1.29 is 4.74 Å². The first-order valence-corrected chi connectivity index (χ1v) is 9.58. The number of anilines is 5. The third kappa shape index (κ3) is 4.34. The van der Waals surface area contributed by atoms with Crippen LogP contribution in [0.1, 0.15) is 18.5 Å². The summed E-state index contributed by atoms with van der Waals surface area (Å²) in [6, 6.07) is 18.1. The quantitative estimate of drug-likeness (QED) is 0.640. The van der Waals surface area contributed by atoms with E-state index in [9.17, 15) is 0 Å². The van der Waals surface area contributed by atoms with Crippen molar-refractivity contribution >= 4 is 28.8 Å². The molecule has 0 unspecified atom stereocenters. The Labute approximate surface area is 165 Å². The topological polar surface area (TPSA) is 62.3 Å². The van der Waals surface area contributed by atoms with E-state index in [1.54, 1.807) is 7.11 Å². The third-order valence-electron chi connectivity index (χ3n) is 4.79. The number of nitrogens with zero attached hydrogens (tertiary/aromatic N) is 3. The molecule has 0 aliphatic carbocycles. The van der Waals surface area contributed by atoms with E-state index in [1.165, 1.54) is 18.5 Å². The van der Waals surface area contributed by atoms with Crippen LogP contribution >= 0.6 is 0 Å². The van der Waals surface area contributed by atoms with Gasteiger partial charge in [0, 0.05) is 48.0 Å². The van der Waals surface area contributed by atoms with Crippen molar-refractivity contribution in [1.29, 1.82) is 0 Å². The Morgan fingerprint density at radius 3 is 2.43 bits per heavy atom. The van der Waals surface area contributed by atoms with Gasteiger partial charge in [-0.15, -0.1) is 0 Å². The van der Waals surface area contributed by atoms with E-state index in [1.807, 2.05) is 37.3 Å². The van der Waals surface area contributed by atoms with Crippen molar-refractivity contribution in [1.82, 2.24) is 9.97 Å². The molecule has 2 N–H and O–H groups in total. The zero-order chi connectivity index (χ0) is 19.3. The van der Waals surface area contributed by atoms with Crippen molar-refractivity contribution in [2.45, 2.75) is 19.8 Å². The molecule has 144 valence electrons. The van der Waals surface area contributed by atoms with Gasteiger partial charge in [0.2, 0.25) is 5.95 Å². The Morgan fingerprint density at radius 2 is 1.68 bits per heavy atom. The van der Waals surface area contributed by atoms with Crippen molar-refractivity contribution in [2.24, 2.45) is 0 Å². The summed E-state index contributed by atoms with van der Waals surface area (Å²) in [7, 11) is 1.66. The second kappa shape index (κ2) is 8.17. The predicted molar refractivity (Wildman–Crippen MR) is 114 cm³/mol. The van der Waals surface area contributed by atoms with Gasteiger partial charge in [-0.3, -0.25) is 0 Å². The molecule has 0 saturated carbocycles. The third-order valence-corrected chi connectivity index (χ3v) is 4.79. The highest BCUT2D eigenvalue weighted by atomic mass is 16.5. The van der Waals surface area contributed by atoms with Crippen LogP contribution in [0.2, 0.25) is 0 Å². The lowest BCUT2D eigenvalue weighted by Gasteiger charge is -2.18. The number of rotatable bonds is 6. The zero-order valence-corrected chi connectivity index (χ0v) is 16.3. The second-order valence-corrected chi connectivity index (χ2v) is 6.94. The first kappa shape index (κ1) is 18.1. The molecule has 1 fully saturated rings. The molecule has 1 aliphatic heterocycles. The fourth-order valence-electron chi connectivity index (χ4n) is 3.40. The van der Waals surface area contributed by atoms with E-state index < -0.39 is 0 Å². The number of benzene rings is 2. The van der Waals surface area contributed by atoms with Gasteiger partial charge in [0.15, 0.2) is 0 Å². The summed E-state index contributed by atoms with van der Waals surface area (Å²) < 4.78 is 5.28. The molecule has 4 rings (SSSR count). The summed E-state index contributed by atoms with van der Waals surface area (Å²) in [5, 5.41) is 6.62. The van der Waals surface area contributed by atoms with Gasteiger partial charge in [0.05, 0.1) is 7.11 Å². The van der Waals surface area contributed by atoms with E-state index >= 15 is 0 Å². The fourth-order valence-corrected chi connectivity index (χ4v) is 3.40. The monoisotopic (exact) mass is 375 g/mol. The maximum absolute atomic E-state index is 5.28. The Morgan fingerprint density at radius 1 is 0.893 bits per heavy atom. The van der Waals surface area contributed by atoms with Crippen LogP contribution in [-0.4, -0.2) is 30.2 Å². The smallest absolute Gasteiger partial charge is 0.229 e. The van der Waals surface area contributed by atoms with Gasteiger partial charge in [-0.2, -0.15) is 4.98 Å². The van der Waals surface area contributed by atoms with Crippen LogP contribution in [0.5, 0.6) is 5.75 Å². The standard InChI is InChI=1S/C22H25N5O/c1-16-14-21(24-18-6-5-7-20(15-18)28-2)26-22(23-16)25-17-8-10-19(11-9-17)27-12-3-4-13-27/h5-11,14-15H,3-4,12-13H2,1-2H3,(H2,23,24,25,26). The van der Waals surface area contributed by atoms with E-state index in [0.29, 0.717) is 5.95 Å². The summed E-state index contributed by atoms with van der Waals surface area (Å²) in [5.41, 5.74) is 4.05. The van der Waals surface area contributed by atoms with E-state index in [0.717, 1.165) is 41.7 Å². The molecular formula is C22H25N5O. The normalized spacial score (nSPS) is 13.4. The summed E-state index contributed by atoms with van der Waals surface area (Å²) >= 11 is 0. The Kier molecular flexibility index (Phi) is 5.28. The van der Waals surface area contributed by atoms with Crippen LogP contribution in [0, 0.1) is 6.92 Å². The molecule has 28 heavy (non-hydrogen) atoms. The minimum atomic E-state index is 0.569. The number of aryl methyl sites for hydroxylation is 1. The van der Waals surface area contributed by atoms with E-state index in [2.05, 4.69) is 49.8 Å². The van der Waals surface area contributed by atoms with Crippen molar-refractivity contribution in [3.63, 3.8) is 0 Å². The lowest BCUT2D eigenvalue weighted by Crippen LogP contribution is -2.17. The molecule has 6 nitrogen and oxygen atoms in total. The highest BCUT2D eigenvalue weighted by Gasteiger charge is 2.12. The minimum absolute atomic E-state index is 0.569. The van der Waals surface area contributed by atoms with Gasteiger partial charge in [-0.1, -0.05) is 6.07 Å². The molecule has 2 heterocycles. The molecule has 1 aromatic heterocycles. The highest BCUT2D eigenvalue weighted by Crippen LogP contribution is 2.25. The van der Waals surface area contributed by atoms with Crippen LogP contribution in [0.4, 0.5) is 28.8 Å². The molecule has 0 bridgehead atoms. The Hall–Kier alpha value is -3.28. The molecule has 1 saturated heterocycles. The maximum Gasteiger partial charge on any atom is 0.229 e. The predicted octanol–water partition coefficient (Wildman–Crippen LogP) is 4.88. The largest absolute Gasteiger partial charge is 0.497 e. The van der Waals surface area contributed by atoms with Gasteiger partial charge < -0.3 is 20.3 Å². The van der Waals surface area contributed by atoms with Crippen molar-refractivity contribution in [3.05, 3.63) is 60.3 Å². The van der Waals surface area contributed by atoms with Crippen LogP contribution in [-0.2, 0) is 0 Å². The Balaban J connectivity index is 1.48. The number of hydrogen-bond acceptors (Lipinski definition) is 6. The van der Waals surface area contributed by atoms with Crippen LogP contribution in [0.15, 0.2) is 54.6 Å². The van der Waals surface area contributed by atoms with Crippen LogP contribution < -0.4 is 20.3 Å². The van der Waals surface area contributed by atoms with E-state index in [-0.39, 0.29) is 0 Å². The number of aromatic nitrogens is 2. The molecular weight excluding hydrogens is 350 g/mol. The fraction of sp³-hybridized carbons (Fsp3) is 0.273. The lowest BCUT2D eigenvalue weighted by atomic mass is 10.2. The molecule has 1 aliphatic rings. The molecule has 0 radical (unpaired) electrons. The molecule has 2 aromatic carbocycles. The second-order valence-electron chi connectivity index (χ2n) is 6.94. The van der Waals surface area contributed by atoms with Crippen LogP contribution in [0.25, 0.3) is 0 Å². The molecule has 3 aromatic rings. The van der Waals surface area contributed by atoms with Crippen LogP contribution in [0.3, 0.4) is 0 Å². The first-order valence-electron chi connectivity index (χ1n) is 9.58. The van der Waals surface area contributed by atoms with Gasteiger partial charge in [0.1, 0.15) is 11.6 Å². The van der Waals surface area contributed by atoms with Gasteiger partial charge >= 0.3 is 0 Å². The minimum Gasteiger partial charge on any atom is -0.497 e. The highest BCUT2D eigenvalue weighted by molar-refractivity contribution is 5.63. The average molecular weight is 375 g/mol. The lowest BCUT2D eigenvalue weighted by molar-refractivity contribution is 0.415. The molecule has 0 amide bonds.